The van der Waals surface area contributed by atoms with Crippen molar-refractivity contribution in [2.24, 2.45) is 0 Å². The van der Waals surface area contributed by atoms with Crippen LogP contribution >= 0.6 is 11.3 Å². The van der Waals surface area contributed by atoms with Crippen molar-refractivity contribution in [1.29, 1.82) is 0 Å². The van der Waals surface area contributed by atoms with Crippen molar-refractivity contribution in [3.63, 3.8) is 0 Å². The molecule has 0 spiro atoms. The van der Waals surface area contributed by atoms with Gasteiger partial charge in [0.25, 0.3) is 0 Å². The Morgan fingerprint density at radius 1 is 1.45 bits per heavy atom. The van der Waals surface area contributed by atoms with E-state index < -0.39 is 6.10 Å². The highest BCUT2D eigenvalue weighted by molar-refractivity contribution is 7.11. The third-order valence-electron chi connectivity index (χ3n) is 2.99. The first-order valence-electron chi connectivity index (χ1n) is 6.37. The van der Waals surface area contributed by atoms with Crippen LogP contribution < -0.4 is 4.74 Å². The molecule has 110 valence electrons. The number of nitrogens with zero attached hydrogens (tertiary/aromatic N) is 4. The number of aryl methyl sites for hydroxylation is 1. The Morgan fingerprint density at radius 2 is 2.20 bits per heavy atom. The van der Waals surface area contributed by atoms with Crippen molar-refractivity contribution in [3.05, 3.63) is 28.0 Å². The SMILES string of the molecule is COc1cnn(CCN(C)C)c1C(O)c1cnc(C)s1. The largest absolute Gasteiger partial charge is 0.493 e. The van der Waals surface area contributed by atoms with Crippen molar-refractivity contribution < 1.29 is 9.84 Å². The van der Waals surface area contributed by atoms with Crippen LogP contribution in [0.3, 0.4) is 0 Å². The van der Waals surface area contributed by atoms with E-state index in [0.717, 1.165) is 16.4 Å². The van der Waals surface area contributed by atoms with Crippen LogP contribution in [0.1, 0.15) is 21.7 Å². The normalized spacial score (nSPS) is 12.9. The number of rotatable bonds is 6. The molecule has 0 saturated carbocycles. The summed E-state index contributed by atoms with van der Waals surface area (Å²) >= 11 is 1.48. The van der Waals surface area contributed by atoms with Crippen LogP contribution in [0.2, 0.25) is 0 Å². The molecule has 20 heavy (non-hydrogen) atoms. The minimum absolute atomic E-state index is 0.599. The predicted molar refractivity (Wildman–Crippen MR) is 78.2 cm³/mol. The van der Waals surface area contributed by atoms with Gasteiger partial charge in [0, 0.05) is 12.7 Å². The number of aromatic nitrogens is 3. The van der Waals surface area contributed by atoms with Gasteiger partial charge in [0.1, 0.15) is 11.8 Å². The highest BCUT2D eigenvalue weighted by atomic mass is 32.1. The molecule has 0 aliphatic carbocycles. The highest BCUT2D eigenvalue weighted by Crippen LogP contribution is 2.32. The number of hydrogen-bond acceptors (Lipinski definition) is 6. The van der Waals surface area contributed by atoms with E-state index in [2.05, 4.69) is 15.0 Å². The lowest BCUT2D eigenvalue weighted by Crippen LogP contribution is -2.21. The first kappa shape index (κ1) is 15.0. The van der Waals surface area contributed by atoms with Gasteiger partial charge in [0.15, 0.2) is 5.75 Å². The molecule has 0 bridgehead atoms. The van der Waals surface area contributed by atoms with Gasteiger partial charge in [-0.2, -0.15) is 5.10 Å². The van der Waals surface area contributed by atoms with Crippen LogP contribution in [0.5, 0.6) is 5.75 Å². The predicted octanol–water partition coefficient (Wildman–Crippen LogP) is 1.30. The van der Waals surface area contributed by atoms with Gasteiger partial charge < -0.3 is 14.7 Å². The molecule has 0 fully saturated rings. The van der Waals surface area contributed by atoms with Gasteiger partial charge >= 0.3 is 0 Å². The number of likely N-dealkylation sites (N-methyl/N-ethyl adjacent to an activating group) is 1. The van der Waals surface area contributed by atoms with Crippen LogP contribution in [-0.4, -0.2) is 52.5 Å². The Morgan fingerprint density at radius 3 is 2.75 bits per heavy atom. The molecule has 2 rings (SSSR count). The van der Waals surface area contributed by atoms with Crippen LogP contribution in [0.25, 0.3) is 0 Å². The molecule has 1 N–H and O–H groups in total. The Balaban J connectivity index is 2.30. The quantitative estimate of drug-likeness (QED) is 0.870. The molecular formula is C13H20N4O2S. The summed E-state index contributed by atoms with van der Waals surface area (Å²) in [6, 6.07) is 0. The Bertz CT molecular complexity index is 564. The monoisotopic (exact) mass is 296 g/mol. The van der Waals surface area contributed by atoms with Gasteiger partial charge in [0.05, 0.1) is 29.7 Å². The number of ether oxygens (including phenoxy) is 1. The van der Waals surface area contributed by atoms with Crippen molar-refractivity contribution >= 4 is 11.3 Å². The Kier molecular flexibility index (Phi) is 4.74. The van der Waals surface area contributed by atoms with Crippen molar-refractivity contribution in [3.8, 4) is 5.75 Å². The van der Waals surface area contributed by atoms with Gasteiger partial charge in [-0.15, -0.1) is 11.3 Å². The second-order valence-corrected chi connectivity index (χ2v) is 6.08. The Labute approximate surface area is 122 Å². The van der Waals surface area contributed by atoms with E-state index in [0.29, 0.717) is 18.0 Å². The molecule has 2 heterocycles. The maximum Gasteiger partial charge on any atom is 0.163 e. The van der Waals surface area contributed by atoms with Crippen molar-refractivity contribution in [2.75, 3.05) is 27.7 Å². The molecule has 2 aromatic rings. The molecule has 2 aromatic heterocycles. The number of aliphatic hydroxyl groups excluding tert-OH is 1. The minimum Gasteiger partial charge on any atom is -0.493 e. The third-order valence-corrected chi connectivity index (χ3v) is 3.96. The van der Waals surface area contributed by atoms with E-state index in [1.165, 1.54) is 11.3 Å². The number of hydrogen-bond donors (Lipinski definition) is 1. The summed E-state index contributed by atoms with van der Waals surface area (Å²) in [5.41, 5.74) is 0.679. The smallest absolute Gasteiger partial charge is 0.163 e. The van der Waals surface area contributed by atoms with Crippen molar-refractivity contribution in [1.82, 2.24) is 19.7 Å². The zero-order chi connectivity index (χ0) is 14.7. The van der Waals surface area contributed by atoms with E-state index in [4.69, 9.17) is 4.74 Å². The third kappa shape index (κ3) is 3.17. The minimum atomic E-state index is -0.763. The average Bonchev–Trinajstić information content (AvgIpc) is 3.01. The fourth-order valence-corrected chi connectivity index (χ4v) is 2.70. The van der Waals surface area contributed by atoms with E-state index in [9.17, 15) is 5.11 Å². The van der Waals surface area contributed by atoms with Gasteiger partial charge in [-0.3, -0.25) is 4.68 Å². The second kappa shape index (κ2) is 6.34. The summed E-state index contributed by atoms with van der Waals surface area (Å²) in [7, 11) is 5.59. The van der Waals surface area contributed by atoms with Crippen molar-refractivity contribution in [2.45, 2.75) is 19.6 Å². The lowest BCUT2D eigenvalue weighted by Gasteiger charge is -2.15. The second-order valence-electron chi connectivity index (χ2n) is 4.81. The topological polar surface area (TPSA) is 63.4 Å². The number of aliphatic hydroxyl groups is 1. The Hall–Kier alpha value is -1.44. The molecule has 1 atom stereocenters. The summed E-state index contributed by atoms with van der Waals surface area (Å²) in [6.07, 6.45) is 2.58. The molecule has 6 nitrogen and oxygen atoms in total. The number of thiazole rings is 1. The molecule has 0 aliphatic heterocycles. The van der Waals surface area contributed by atoms with E-state index in [1.807, 2.05) is 21.0 Å². The molecule has 0 saturated heterocycles. The van der Waals surface area contributed by atoms with Gasteiger partial charge in [-0.25, -0.2) is 4.98 Å². The summed E-state index contributed by atoms with van der Waals surface area (Å²) in [4.78, 5) is 7.06. The fraction of sp³-hybridized carbons (Fsp3) is 0.538. The fourth-order valence-electron chi connectivity index (χ4n) is 1.92. The van der Waals surface area contributed by atoms with E-state index in [1.54, 1.807) is 24.2 Å². The maximum atomic E-state index is 10.6. The molecule has 1 unspecified atom stereocenters. The molecular weight excluding hydrogens is 276 g/mol. The summed E-state index contributed by atoms with van der Waals surface area (Å²) in [6.45, 7) is 3.45. The van der Waals surface area contributed by atoms with Crippen LogP contribution in [0, 0.1) is 6.92 Å². The first-order chi connectivity index (χ1) is 9.52. The van der Waals surface area contributed by atoms with E-state index in [-0.39, 0.29) is 0 Å². The molecule has 7 heteroatoms. The van der Waals surface area contributed by atoms with Gasteiger partial charge in [-0.1, -0.05) is 0 Å². The summed E-state index contributed by atoms with van der Waals surface area (Å²) in [5.74, 6) is 0.599. The molecule has 0 aromatic carbocycles. The lowest BCUT2D eigenvalue weighted by atomic mass is 10.2. The van der Waals surface area contributed by atoms with Crippen LogP contribution in [0.4, 0.5) is 0 Å². The van der Waals surface area contributed by atoms with Crippen LogP contribution in [0.15, 0.2) is 12.4 Å². The molecule has 0 aliphatic rings. The highest BCUT2D eigenvalue weighted by Gasteiger charge is 2.23. The van der Waals surface area contributed by atoms with Crippen LogP contribution in [-0.2, 0) is 6.54 Å². The summed E-state index contributed by atoms with van der Waals surface area (Å²) in [5, 5.41) is 15.8. The standard InChI is InChI=1S/C13H20N4O2S/c1-9-14-8-11(20-9)13(18)12-10(19-4)7-15-17(12)6-5-16(2)3/h7-8,13,18H,5-6H2,1-4H3. The zero-order valence-electron chi connectivity index (χ0n) is 12.2. The number of methoxy groups -OCH3 is 1. The van der Waals surface area contributed by atoms with E-state index >= 15 is 0 Å². The first-order valence-corrected chi connectivity index (χ1v) is 7.19. The van der Waals surface area contributed by atoms with Gasteiger partial charge in [-0.05, 0) is 21.0 Å². The molecule has 0 amide bonds. The average molecular weight is 296 g/mol. The lowest BCUT2D eigenvalue weighted by molar-refractivity contribution is 0.203. The summed E-state index contributed by atoms with van der Waals surface area (Å²) < 4.78 is 7.10. The van der Waals surface area contributed by atoms with Gasteiger partial charge in [0.2, 0.25) is 0 Å². The molecule has 0 radical (unpaired) electrons. The maximum absolute atomic E-state index is 10.6. The zero-order valence-corrected chi connectivity index (χ0v) is 13.0.